The maximum absolute atomic E-state index is 12.3. The Labute approximate surface area is 222 Å². The van der Waals surface area contributed by atoms with Gasteiger partial charge in [-0.2, -0.15) is 0 Å². The summed E-state index contributed by atoms with van der Waals surface area (Å²) in [7, 11) is 0. The first-order valence-electron chi connectivity index (χ1n) is 12.5. The Morgan fingerprint density at radius 3 is 2.42 bits per heavy atom. The van der Waals surface area contributed by atoms with Crippen LogP contribution >= 0.6 is 23.2 Å². The summed E-state index contributed by atoms with van der Waals surface area (Å²) < 4.78 is 8.17. The number of aryl methyl sites for hydroxylation is 2. The third-order valence-electron chi connectivity index (χ3n) is 6.09. The molecule has 7 heteroatoms. The van der Waals surface area contributed by atoms with Gasteiger partial charge in [0.15, 0.2) is 0 Å². The number of imidazole rings is 1. The number of aromatic nitrogens is 2. The molecule has 0 saturated heterocycles. The number of hydrogen-bond acceptors (Lipinski definition) is 3. The predicted octanol–water partition coefficient (Wildman–Crippen LogP) is 7.35. The number of rotatable bonds is 13. The average Bonchev–Trinajstić information content (AvgIpc) is 3.24. The molecule has 0 atom stereocenters. The molecule has 188 valence electrons. The molecule has 3 aromatic carbocycles. The maximum atomic E-state index is 12.3. The van der Waals surface area contributed by atoms with E-state index in [2.05, 4.69) is 28.1 Å². The minimum absolute atomic E-state index is 0.124. The highest BCUT2D eigenvalue weighted by Gasteiger charge is 2.11. The van der Waals surface area contributed by atoms with Crippen molar-refractivity contribution in [2.24, 2.45) is 0 Å². The lowest BCUT2D eigenvalue weighted by Gasteiger charge is -2.11. The van der Waals surface area contributed by atoms with Gasteiger partial charge >= 0.3 is 0 Å². The summed E-state index contributed by atoms with van der Waals surface area (Å²) >= 11 is 12.3. The van der Waals surface area contributed by atoms with Gasteiger partial charge in [-0.25, -0.2) is 4.98 Å². The third kappa shape index (κ3) is 7.02. The van der Waals surface area contributed by atoms with Gasteiger partial charge in [-0.3, -0.25) is 4.79 Å². The SMILES string of the molecule is O=C(NCCCCCc1nc2ccccc2n1CCCCOc1ccccc1Cl)c1ccccc1Cl. The van der Waals surface area contributed by atoms with Crippen molar-refractivity contribution in [3.8, 4) is 5.75 Å². The van der Waals surface area contributed by atoms with Gasteiger partial charge in [-0.05, 0) is 62.1 Å². The van der Waals surface area contributed by atoms with Crippen LogP contribution in [0, 0.1) is 0 Å². The molecule has 5 nitrogen and oxygen atoms in total. The van der Waals surface area contributed by atoms with Crippen molar-refractivity contribution in [1.29, 1.82) is 0 Å². The van der Waals surface area contributed by atoms with Crippen molar-refractivity contribution in [2.75, 3.05) is 13.2 Å². The Hall–Kier alpha value is -3.02. The van der Waals surface area contributed by atoms with E-state index in [-0.39, 0.29) is 5.91 Å². The van der Waals surface area contributed by atoms with Crippen LogP contribution in [0.3, 0.4) is 0 Å². The smallest absolute Gasteiger partial charge is 0.252 e. The number of para-hydroxylation sites is 3. The number of amides is 1. The van der Waals surface area contributed by atoms with Gasteiger partial charge in [0.05, 0.1) is 33.2 Å². The van der Waals surface area contributed by atoms with Gasteiger partial charge in [-0.15, -0.1) is 0 Å². The molecule has 36 heavy (non-hydrogen) atoms. The second kappa shape index (κ2) is 13.3. The van der Waals surface area contributed by atoms with Gasteiger partial charge in [-0.1, -0.05) is 66.0 Å². The topological polar surface area (TPSA) is 56.2 Å². The number of halogens is 2. The zero-order valence-corrected chi connectivity index (χ0v) is 21.8. The van der Waals surface area contributed by atoms with E-state index in [4.69, 9.17) is 32.9 Å². The van der Waals surface area contributed by atoms with Crippen LogP contribution in [-0.2, 0) is 13.0 Å². The Morgan fingerprint density at radius 1 is 0.833 bits per heavy atom. The van der Waals surface area contributed by atoms with Crippen LogP contribution in [0.25, 0.3) is 11.0 Å². The Balaban J connectivity index is 1.23. The third-order valence-corrected chi connectivity index (χ3v) is 6.73. The van der Waals surface area contributed by atoms with E-state index in [1.807, 2.05) is 42.5 Å². The van der Waals surface area contributed by atoms with Crippen LogP contribution in [0.1, 0.15) is 48.3 Å². The molecule has 0 radical (unpaired) electrons. The highest BCUT2D eigenvalue weighted by atomic mass is 35.5. The average molecular weight is 524 g/mol. The summed E-state index contributed by atoms with van der Waals surface area (Å²) in [5, 5.41) is 4.08. The quantitative estimate of drug-likeness (QED) is 0.186. The van der Waals surface area contributed by atoms with Crippen molar-refractivity contribution in [1.82, 2.24) is 14.9 Å². The van der Waals surface area contributed by atoms with Crippen LogP contribution in [0.4, 0.5) is 0 Å². The zero-order chi connectivity index (χ0) is 25.2. The molecule has 0 bridgehead atoms. The number of nitrogens with zero attached hydrogens (tertiary/aromatic N) is 2. The highest BCUT2D eigenvalue weighted by molar-refractivity contribution is 6.33. The van der Waals surface area contributed by atoms with Crippen molar-refractivity contribution in [3.05, 3.63) is 94.2 Å². The van der Waals surface area contributed by atoms with Crippen LogP contribution in [0.15, 0.2) is 72.8 Å². The molecule has 1 amide bonds. The van der Waals surface area contributed by atoms with Gasteiger partial charge in [0.2, 0.25) is 0 Å². The summed E-state index contributed by atoms with van der Waals surface area (Å²) in [6.07, 6.45) is 5.77. The second-order valence-electron chi connectivity index (χ2n) is 8.70. The normalized spacial score (nSPS) is 11.1. The Morgan fingerprint density at radius 2 is 1.58 bits per heavy atom. The first-order valence-corrected chi connectivity index (χ1v) is 13.2. The van der Waals surface area contributed by atoms with E-state index >= 15 is 0 Å². The molecule has 1 heterocycles. The second-order valence-corrected chi connectivity index (χ2v) is 9.52. The fraction of sp³-hybridized carbons (Fsp3) is 0.310. The fourth-order valence-corrected chi connectivity index (χ4v) is 4.62. The first kappa shape index (κ1) is 26.1. The Kier molecular flexibility index (Phi) is 9.65. The zero-order valence-electron chi connectivity index (χ0n) is 20.3. The molecule has 0 saturated carbocycles. The number of benzene rings is 3. The van der Waals surface area contributed by atoms with Crippen LogP contribution in [-0.4, -0.2) is 28.6 Å². The summed E-state index contributed by atoms with van der Waals surface area (Å²) in [5.41, 5.74) is 2.73. The van der Waals surface area contributed by atoms with E-state index < -0.39 is 0 Å². The number of carbonyl (C=O) groups excluding carboxylic acids is 1. The van der Waals surface area contributed by atoms with Gasteiger partial charge in [0.1, 0.15) is 11.6 Å². The monoisotopic (exact) mass is 523 g/mol. The standard InChI is InChI=1S/C29H31Cl2N3O2/c30-23-13-4-3-12-22(23)29(35)32-19-9-1-2-18-28-33-25-15-6-7-16-26(25)34(28)20-10-11-21-36-27-17-8-5-14-24(27)31/h3-8,12-17H,1-2,9-11,18-21H2,(H,32,35). The molecular formula is C29H31Cl2N3O2. The summed E-state index contributed by atoms with van der Waals surface area (Å²) in [6.45, 7) is 2.16. The van der Waals surface area contributed by atoms with Crippen LogP contribution in [0.5, 0.6) is 5.75 Å². The minimum Gasteiger partial charge on any atom is -0.492 e. The molecule has 0 aliphatic rings. The van der Waals surface area contributed by atoms with Crippen molar-refractivity contribution in [2.45, 2.75) is 45.1 Å². The minimum atomic E-state index is -0.124. The van der Waals surface area contributed by atoms with E-state index in [0.29, 0.717) is 28.8 Å². The van der Waals surface area contributed by atoms with Gasteiger partial charge < -0.3 is 14.6 Å². The molecule has 0 spiro atoms. The Bertz CT molecular complexity index is 1290. The number of fused-ring (bicyclic) bond motifs is 1. The molecule has 4 aromatic rings. The largest absolute Gasteiger partial charge is 0.492 e. The summed E-state index contributed by atoms with van der Waals surface area (Å²) in [6, 6.07) is 23.0. The fourth-order valence-electron chi connectivity index (χ4n) is 4.21. The predicted molar refractivity (Wildman–Crippen MR) is 147 cm³/mol. The van der Waals surface area contributed by atoms with E-state index in [1.165, 1.54) is 5.52 Å². The molecule has 0 unspecified atom stereocenters. The van der Waals surface area contributed by atoms with Gasteiger partial charge in [0.25, 0.3) is 5.91 Å². The van der Waals surface area contributed by atoms with E-state index in [0.717, 1.165) is 62.2 Å². The van der Waals surface area contributed by atoms with Crippen LogP contribution in [0.2, 0.25) is 10.0 Å². The van der Waals surface area contributed by atoms with Crippen molar-refractivity contribution < 1.29 is 9.53 Å². The van der Waals surface area contributed by atoms with E-state index in [1.54, 1.807) is 12.1 Å². The lowest BCUT2D eigenvalue weighted by Crippen LogP contribution is -2.24. The first-order chi connectivity index (χ1) is 17.6. The number of carbonyl (C=O) groups is 1. The maximum Gasteiger partial charge on any atom is 0.252 e. The highest BCUT2D eigenvalue weighted by Crippen LogP contribution is 2.23. The number of nitrogens with one attached hydrogen (secondary N) is 1. The molecular weight excluding hydrogens is 493 g/mol. The number of unbranched alkanes of at least 4 members (excludes halogenated alkanes) is 3. The molecule has 4 rings (SSSR count). The lowest BCUT2D eigenvalue weighted by atomic mass is 10.1. The summed E-state index contributed by atoms with van der Waals surface area (Å²) in [5.74, 6) is 1.72. The lowest BCUT2D eigenvalue weighted by molar-refractivity contribution is 0.0953. The molecule has 1 aromatic heterocycles. The molecule has 0 fully saturated rings. The number of ether oxygens (including phenoxy) is 1. The van der Waals surface area contributed by atoms with Crippen LogP contribution < -0.4 is 10.1 Å². The number of hydrogen-bond donors (Lipinski definition) is 1. The molecule has 1 N–H and O–H groups in total. The van der Waals surface area contributed by atoms with Crippen molar-refractivity contribution in [3.63, 3.8) is 0 Å². The molecule has 0 aliphatic carbocycles. The van der Waals surface area contributed by atoms with Crippen molar-refractivity contribution >= 4 is 40.1 Å². The summed E-state index contributed by atoms with van der Waals surface area (Å²) in [4.78, 5) is 17.2. The van der Waals surface area contributed by atoms with Gasteiger partial charge in [0, 0.05) is 19.5 Å². The molecule has 0 aliphatic heterocycles. The van der Waals surface area contributed by atoms with E-state index in [9.17, 15) is 4.79 Å².